The quantitative estimate of drug-likeness (QED) is 0.211. The van der Waals surface area contributed by atoms with Crippen LogP contribution in [0.3, 0.4) is 0 Å². The summed E-state index contributed by atoms with van der Waals surface area (Å²) in [6.07, 6.45) is 5.07. The van der Waals surface area contributed by atoms with E-state index >= 15 is 4.39 Å². The average molecular weight is 568 g/mol. The number of likely N-dealkylation sites (N-methyl/N-ethyl adjacent to an activating group) is 1. The number of halogens is 2. The number of aromatic amines is 2. The number of benzene rings is 2. The summed E-state index contributed by atoms with van der Waals surface area (Å²) in [6.45, 7) is 2.17. The third-order valence-corrected chi connectivity index (χ3v) is 6.98. The number of nitrogens with one attached hydrogen (secondary N) is 3. The van der Waals surface area contributed by atoms with Crippen molar-refractivity contribution in [2.75, 3.05) is 46.6 Å². The first-order valence-corrected chi connectivity index (χ1v) is 13.6. The number of imidazole rings is 1. The molecule has 0 radical (unpaired) electrons. The van der Waals surface area contributed by atoms with E-state index in [0.29, 0.717) is 74.6 Å². The second-order valence-corrected chi connectivity index (χ2v) is 10.8. The normalized spacial score (nSPS) is 11.8. The van der Waals surface area contributed by atoms with E-state index in [0.717, 1.165) is 12.1 Å². The minimum Gasteiger partial charge on any atom is -0.384 e. The van der Waals surface area contributed by atoms with E-state index < -0.39 is 5.82 Å². The summed E-state index contributed by atoms with van der Waals surface area (Å²) >= 11 is 0. The van der Waals surface area contributed by atoms with E-state index in [-0.39, 0.29) is 5.82 Å². The van der Waals surface area contributed by atoms with Gasteiger partial charge in [0.15, 0.2) is 11.5 Å². The lowest BCUT2D eigenvalue weighted by molar-refractivity contribution is 0.402. The Hall–Kier alpha value is -4.74. The molecule has 0 saturated carbocycles. The van der Waals surface area contributed by atoms with Crippen molar-refractivity contribution in [1.29, 1.82) is 0 Å². The zero-order chi connectivity index (χ0) is 29.4. The number of H-pyrrole nitrogens is 2. The van der Waals surface area contributed by atoms with Crippen molar-refractivity contribution in [3.63, 3.8) is 0 Å². The van der Waals surface area contributed by atoms with E-state index in [9.17, 15) is 4.39 Å². The van der Waals surface area contributed by atoms with Crippen molar-refractivity contribution in [3.05, 3.63) is 78.3 Å². The second-order valence-electron chi connectivity index (χ2n) is 10.8. The van der Waals surface area contributed by atoms with Gasteiger partial charge in [-0.05, 0) is 81.8 Å². The summed E-state index contributed by atoms with van der Waals surface area (Å²) < 4.78 is 30.8. The van der Waals surface area contributed by atoms with Gasteiger partial charge in [0.2, 0.25) is 0 Å². The number of nitrogens with zero attached hydrogens (tertiary/aromatic N) is 6. The molecule has 0 saturated heterocycles. The van der Waals surface area contributed by atoms with Crippen molar-refractivity contribution in [2.45, 2.75) is 6.54 Å². The van der Waals surface area contributed by atoms with Crippen LogP contribution in [0.4, 0.5) is 14.5 Å². The maximum atomic E-state index is 16.2. The molecule has 3 N–H and O–H groups in total. The van der Waals surface area contributed by atoms with Gasteiger partial charge in [-0.2, -0.15) is 5.10 Å². The lowest BCUT2D eigenvalue weighted by Gasteiger charge is -2.12. The van der Waals surface area contributed by atoms with Crippen LogP contribution in [0.15, 0.2) is 61.1 Å². The predicted octanol–water partition coefficient (Wildman–Crippen LogP) is 5.54. The summed E-state index contributed by atoms with van der Waals surface area (Å²) in [5, 5.41) is 10.9. The van der Waals surface area contributed by atoms with E-state index in [2.05, 4.69) is 35.4 Å². The van der Waals surface area contributed by atoms with Gasteiger partial charge < -0.3 is 20.1 Å². The van der Waals surface area contributed by atoms with Gasteiger partial charge in [0.05, 0.1) is 10.9 Å². The SMILES string of the molecule is CN(C)CCNc1cc(F)cc(-c2ccnc3[nH]c(-c4n[nH]c5ccc(-c6cncc(CN(C)C)c6)c(F)c45)nc23)c1. The molecule has 2 aromatic carbocycles. The fourth-order valence-electron chi connectivity index (χ4n) is 5.08. The van der Waals surface area contributed by atoms with Gasteiger partial charge in [-0.1, -0.05) is 0 Å². The van der Waals surface area contributed by atoms with Gasteiger partial charge in [0, 0.05) is 60.6 Å². The Balaban J connectivity index is 1.41. The Morgan fingerprint density at radius 1 is 0.905 bits per heavy atom. The molecule has 6 aromatic rings. The van der Waals surface area contributed by atoms with Gasteiger partial charge in [-0.3, -0.25) is 10.1 Å². The Kier molecular flexibility index (Phi) is 7.36. The molecule has 6 rings (SSSR count). The number of hydrogen-bond acceptors (Lipinski definition) is 7. The molecule has 0 amide bonds. The third-order valence-electron chi connectivity index (χ3n) is 6.98. The first-order chi connectivity index (χ1) is 20.3. The fraction of sp³-hybridized carbons (Fsp3) is 0.226. The molecule has 214 valence electrons. The highest BCUT2D eigenvalue weighted by Crippen LogP contribution is 2.35. The summed E-state index contributed by atoms with van der Waals surface area (Å²) in [4.78, 5) is 20.8. The van der Waals surface area contributed by atoms with Crippen molar-refractivity contribution in [1.82, 2.24) is 39.9 Å². The summed E-state index contributed by atoms with van der Waals surface area (Å²) in [6, 6.07) is 12.1. The zero-order valence-corrected chi connectivity index (χ0v) is 23.8. The molecule has 11 heteroatoms. The van der Waals surface area contributed by atoms with Gasteiger partial charge in [0.1, 0.15) is 22.8 Å². The Morgan fingerprint density at radius 3 is 2.57 bits per heavy atom. The standard InChI is InChI=1S/C31H31F2N9/c1-41(2)10-9-35-22-13-19(12-21(32)14-22)24-7-8-36-30-28(24)37-31(38-30)29-26-25(39-40-29)6-5-23(27(26)33)20-11-18(15-34-16-20)17-42(3)4/h5-8,11-16,35H,9-10,17H2,1-4H3,(H,39,40)(H,36,37,38). The van der Waals surface area contributed by atoms with Crippen LogP contribution in [-0.2, 0) is 6.54 Å². The predicted molar refractivity (Wildman–Crippen MR) is 162 cm³/mol. The molecule has 0 spiro atoms. The van der Waals surface area contributed by atoms with Crippen molar-refractivity contribution in [3.8, 4) is 33.8 Å². The first kappa shape index (κ1) is 27.4. The number of hydrogen-bond donors (Lipinski definition) is 3. The first-order valence-electron chi connectivity index (χ1n) is 13.6. The lowest BCUT2D eigenvalue weighted by Crippen LogP contribution is -2.20. The molecule has 0 aliphatic rings. The van der Waals surface area contributed by atoms with Crippen LogP contribution in [0.25, 0.3) is 55.8 Å². The molecule has 0 atom stereocenters. The van der Waals surface area contributed by atoms with Crippen molar-refractivity contribution < 1.29 is 8.78 Å². The van der Waals surface area contributed by atoms with Crippen molar-refractivity contribution in [2.24, 2.45) is 0 Å². The molecule has 42 heavy (non-hydrogen) atoms. The molecule has 9 nitrogen and oxygen atoms in total. The van der Waals surface area contributed by atoms with Gasteiger partial charge >= 0.3 is 0 Å². The molecule has 4 aromatic heterocycles. The van der Waals surface area contributed by atoms with E-state index in [1.54, 1.807) is 36.8 Å². The van der Waals surface area contributed by atoms with E-state index in [4.69, 9.17) is 4.98 Å². The van der Waals surface area contributed by atoms with Crippen LogP contribution in [0.5, 0.6) is 0 Å². The van der Waals surface area contributed by atoms with E-state index in [1.807, 2.05) is 45.2 Å². The zero-order valence-electron chi connectivity index (χ0n) is 23.8. The summed E-state index contributed by atoms with van der Waals surface area (Å²) in [7, 11) is 7.91. The molecule has 0 aliphatic carbocycles. The highest BCUT2D eigenvalue weighted by molar-refractivity contribution is 5.98. The van der Waals surface area contributed by atoms with Crippen LogP contribution in [-0.4, -0.2) is 81.2 Å². The molecular weight excluding hydrogens is 536 g/mol. The Morgan fingerprint density at radius 2 is 1.76 bits per heavy atom. The monoisotopic (exact) mass is 567 g/mol. The molecule has 0 unspecified atom stereocenters. The number of aromatic nitrogens is 6. The van der Waals surface area contributed by atoms with Crippen LogP contribution >= 0.6 is 0 Å². The number of fused-ring (bicyclic) bond motifs is 2. The minimum absolute atomic E-state index is 0.309. The Bertz CT molecular complexity index is 1890. The average Bonchev–Trinajstić information content (AvgIpc) is 3.57. The highest BCUT2D eigenvalue weighted by Gasteiger charge is 2.21. The molecule has 4 heterocycles. The maximum Gasteiger partial charge on any atom is 0.161 e. The summed E-state index contributed by atoms with van der Waals surface area (Å²) in [5.74, 6) is -0.433. The number of anilines is 1. The summed E-state index contributed by atoms with van der Waals surface area (Å²) in [5.41, 5.74) is 5.98. The fourth-order valence-corrected chi connectivity index (χ4v) is 5.08. The van der Waals surface area contributed by atoms with Gasteiger partial charge in [-0.25, -0.2) is 18.7 Å². The minimum atomic E-state index is -0.424. The second kappa shape index (κ2) is 11.3. The molecular formula is C31H31F2N9. The number of rotatable bonds is 9. The van der Waals surface area contributed by atoms with Crippen LogP contribution in [0, 0.1) is 11.6 Å². The van der Waals surface area contributed by atoms with Crippen LogP contribution in [0.2, 0.25) is 0 Å². The third kappa shape index (κ3) is 5.44. The van der Waals surface area contributed by atoms with Crippen molar-refractivity contribution >= 4 is 27.8 Å². The van der Waals surface area contributed by atoms with E-state index in [1.165, 1.54) is 12.1 Å². The smallest absolute Gasteiger partial charge is 0.161 e. The topological polar surface area (TPSA) is 102 Å². The van der Waals surface area contributed by atoms with Crippen LogP contribution in [0.1, 0.15) is 5.56 Å². The highest BCUT2D eigenvalue weighted by atomic mass is 19.1. The Labute approximate surface area is 241 Å². The number of pyridine rings is 2. The van der Waals surface area contributed by atoms with Gasteiger partial charge in [-0.15, -0.1) is 0 Å². The van der Waals surface area contributed by atoms with Gasteiger partial charge in [0.25, 0.3) is 0 Å². The van der Waals surface area contributed by atoms with Crippen LogP contribution < -0.4 is 5.32 Å². The molecule has 0 bridgehead atoms. The largest absolute Gasteiger partial charge is 0.384 e. The molecule has 0 aliphatic heterocycles. The molecule has 0 fully saturated rings. The maximum absolute atomic E-state index is 16.2. The lowest BCUT2D eigenvalue weighted by atomic mass is 10.0.